The summed E-state index contributed by atoms with van der Waals surface area (Å²) in [6.07, 6.45) is 0. The number of rotatable bonds is 0. The summed E-state index contributed by atoms with van der Waals surface area (Å²) in [4.78, 5) is 0. The van der Waals surface area contributed by atoms with Crippen LogP contribution < -0.4 is 37.7 Å². The second-order valence-corrected chi connectivity index (χ2v) is 0. The first-order chi connectivity index (χ1) is 0. The van der Waals surface area contributed by atoms with Crippen LogP contribution in [0.3, 0.4) is 0 Å². The van der Waals surface area contributed by atoms with Crippen LogP contribution in [0.2, 0.25) is 0 Å². The molecular weight excluding hydrogens is 99.6 g/mol. The van der Waals surface area contributed by atoms with Crippen molar-refractivity contribution in [1.29, 1.82) is 0 Å². The van der Waals surface area contributed by atoms with Gasteiger partial charge in [0.05, 0.1) is 0 Å². The van der Waals surface area contributed by atoms with E-state index in [4.69, 9.17) is 0 Å². The Balaban J connectivity index is 0. The summed E-state index contributed by atoms with van der Waals surface area (Å²) in [5.74, 6) is 0. The van der Waals surface area contributed by atoms with E-state index in [9.17, 15) is 0 Å². The van der Waals surface area contributed by atoms with Gasteiger partial charge in [-0.05, 0) is 0 Å². The molecule has 0 aliphatic heterocycles. The number of hydrogen-bond acceptors (Lipinski definition) is 0. The zero-order valence-corrected chi connectivity index (χ0v) is 2.50. The third-order valence-electron chi connectivity index (χ3n) is 0. The van der Waals surface area contributed by atoms with E-state index < -0.39 is 0 Å². The molecule has 0 radical (unpaired) electrons. The SMILES string of the molecule is O.[GaH3].[H-].[H-].[Li+].[Li+]. The Labute approximate surface area is 65.6 Å². The standard InChI is InChI=1S/Ga.2Li.H2O.5H/h;;;1H2;;;;;/q;2*+1;;;;;2*-1. The second-order valence-electron chi connectivity index (χ2n) is 0. The van der Waals surface area contributed by atoms with Crippen LogP contribution in [0.4, 0.5) is 0 Å². The van der Waals surface area contributed by atoms with Gasteiger partial charge in [0.15, 0.2) is 0 Å². The van der Waals surface area contributed by atoms with E-state index in [0.717, 1.165) is 0 Å². The molecule has 0 aromatic rings. The normalized spacial score (nSPS) is 0. The topological polar surface area (TPSA) is 31.5 Å². The van der Waals surface area contributed by atoms with Gasteiger partial charge in [-0.1, -0.05) is 0 Å². The van der Waals surface area contributed by atoms with Crippen molar-refractivity contribution in [3.63, 3.8) is 0 Å². The van der Waals surface area contributed by atoms with Gasteiger partial charge in [-0.3, -0.25) is 0 Å². The van der Waals surface area contributed by atoms with Crippen molar-refractivity contribution in [2.45, 2.75) is 0 Å². The van der Waals surface area contributed by atoms with E-state index in [0.29, 0.717) is 0 Å². The molecule has 2 N–H and O–H groups in total. The van der Waals surface area contributed by atoms with Gasteiger partial charge in [-0.2, -0.15) is 0 Å². The molecule has 4 heteroatoms. The molecule has 18 valence electrons. The molecule has 0 saturated heterocycles. The minimum atomic E-state index is 0. The predicted octanol–water partition coefficient (Wildman–Crippen LogP) is -7.78. The van der Waals surface area contributed by atoms with Gasteiger partial charge in [0, 0.05) is 0 Å². The quantitative estimate of drug-likeness (QED) is 0.275. The Kier molecular flexibility index (Phi) is 222. The van der Waals surface area contributed by atoms with Crippen LogP contribution in [0.15, 0.2) is 0 Å². The Morgan fingerprint density at radius 1 is 1.00 bits per heavy atom. The van der Waals surface area contributed by atoms with Gasteiger partial charge >= 0.3 is 57.5 Å². The summed E-state index contributed by atoms with van der Waals surface area (Å²) in [7, 11) is 0. The Morgan fingerprint density at radius 3 is 1.00 bits per heavy atom. The molecule has 0 heterocycles. The van der Waals surface area contributed by atoms with E-state index in [1.165, 1.54) is 0 Å². The average Bonchev–Trinajstić information content (AvgIpc) is 0. The van der Waals surface area contributed by atoms with Gasteiger partial charge in [0.2, 0.25) is 0 Å². The zero-order chi connectivity index (χ0) is 0. The van der Waals surface area contributed by atoms with Crippen LogP contribution >= 0.6 is 0 Å². The van der Waals surface area contributed by atoms with Crippen molar-refractivity contribution in [1.82, 2.24) is 0 Å². The number of hydrogen-bond donors (Lipinski definition) is 0. The van der Waals surface area contributed by atoms with Crippen LogP contribution in [0.1, 0.15) is 2.85 Å². The molecule has 0 atom stereocenters. The van der Waals surface area contributed by atoms with Crippen LogP contribution in [-0.2, 0) is 0 Å². The minimum Gasteiger partial charge on any atom is -1.00 e. The Morgan fingerprint density at radius 2 is 1.00 bits per heavy atom. The van der Waals surface area contributed by atoms with E-state index >= 15 is 0 Å². The first kappa shape index (κ1) is 41.4. The smallest absolute Gasteiger partial charge is 1.00 e. The second kappa shape index (κ2) is 21.5. The summed E-state index contributed by atoms with van der Waals surface area (Å²) in [5, 5.41) is 0. The van der Waals surface area contributed by atoms with Gasteiger partial charge in [0.1, 0.15) is 0 Å². The van der Waals surface area contributed by atoms with Crippen molar-refractivity contribution < 1.29 is 46.1 Å². The molecule has 0 rings (SSSR count). The molecule has 0 aromatic heterocycles. The summed E-state index contributed by atoms with van der Waals surface area (Å²) < 4.78 is 0. The summed E-state index contributed by atoms with van der Waals surface area (Å²) in [6, 6.07) is 0. The van der Waals surface area contributed by atoms with E-state index in [1.54, 1.807) is 0 Å². The van der Waals surface area contributed by atoms with Gasteiger partial charge in [-0.25, -0.2) is 0 Å². The molecule has 0 bridgehead atoms. The van der Waals surface area contributed by atoms with Gasteiger partial charge in [0.25, 0.3) is 0 Å². The van der Waals surface area contributed by atoms with Crippen molar-refractivity contribution in [3.05, 3.63) is 0 Å². The molecule has 4 heavy (non-hydrogen) atoms. The van der Waals surface area contributed by atoms with E-state index in [1.807, 2.05) is 0 Å². The molecule has 0 saturated carbocycles. The molecule has 0 amide bonds. The molecule has 1 nitrogen and oxygen atoms in total. The van der Waals surface area contributed by atoms with Crippen LogP contribution in [0.25, 0.3) is 0 Å². The molecule has 0 fully saturated rings. The summed E-state index contributed by atoms with van der Waals surface area (Å²) >= 11 is 0. The molecule has 0 spiro atoms. The molecule has 0 aliphatic rings. The molecule has 0 aromatic carbocycles. The maximum absolute atomic E-state index is 0. The third-order valence-corrected chi connectivity index (χ3v) is 0. The first-order valence-corrected chi connectivity index (χ1v) is 0. The average molecular weight is 107 g/mol. The largest absolute Gasteiger partial charge is 1.00 e. The van der Waals surface area contributed by atoms with Gasteiger partial charge in [-0.15, -0.1) is 0 Å². The van der Waals surface area contributed by atoms with Crippen molar-refractivity contribution in [3.8, 4) is 0 Å². The maximum Gasteiger partial charge on any atom is 1.00 e. The fraction of sp³-hybridized carbons (Fsp3) is 0. The van der Waals surface area contributed by atoms with Crippen LogP contribution in [0.5, 0.6) is 0 Å². The maximum atomic E-state index is 0. The van der Waals surface area contributed by atoms with Crippen LogP contribution in [0, 0.1) is 0 Å². The molecular formula is H7GaLi2O. The Bertz CT molecular complexity index is 11.5. The van der Waals surface area contributed by atoms with Crippen molar-refractivity contribution in [2.75, 3.05) is 0 Å². The van der Waals surface area contributed by atoms with Crippen molar-refractivity contribution >= 4 is 19.8 Å². The first-order valence-electron chi connectivity index (χ1n) is 0. The zero-order valence-electron chi connectivity index (χ0n) is 4.50. The molecule has 0 unspecified atom stereocenters. The third kappa shape index (κ3) is 9.21. The fourth-order valence-corrected chi connectivity index (χ4v) is 0. The van der Waals surface area contributed by atoms with E-state index in [-0.39, 0.29) is 65.8 Å². The Hall–Kier alpha value is 1.79. The van der Waals surface area contributed by atoms with Gasteiger partial charge < -0.3 is 8.33 Å². The molecule has 0 aliphatic carbocycles. The minimum absolute atomic E-state index is 0. The summed E-state index contributed by atoms with van der Waals surface area (Å²) in [5.41, 5.74) is 0. The fourth-order valence-electron chi connectivity index (χ4n) is 0. The van der Waals surface area contributed by atoms with Crippen molar-refractivity contribution in [2.24, 2.45) is 0 Å². The van der Waals surface area contributed by atoms with E-state index in [2.05, 4.69) is 0 Å². The predicted molar refractivity (Wildman–Crippen MR) is 15.8 cm³/mol. The van der Waals surface area contributed by atoms with Crippen LogP contribution in [-0.4, -0.2) is 25.3 Å². The summed E-state index contributed by atoms with van der Waals surface area (Å²) in [6.45, 7) is 0. The monoisotopic (exact) mass is 106 g/mol.